The van der Waals surface area contributed by atoms with Gasteiger partial charge in [-0.15, -0.1) is 5.10 Å². The first-order valence-electron chi connectivity index (χ1n) is 6.00. The number of hydrogen-bond donors (Lipinski definition) is 1. The first-order valence-corrected chi connectivity index (χ1v) is 7.15. The predicted molar refractivity (Wildman–Crippen MR) is 73.6 cm³/mol. The Kier molecular flexibility index (Phi) is 3.19. The third kappa shape index (κ3) is 2.33. The summed E-state index contributed by atoms with van der Waals surface area (Å²) in [6, 6.07) is 8.85. The van der Waals surface area contributed by atoms with Gasteiger partial charge in [0.05, 0.1) is 0 Å². The zero-order valence-corrected chi connectivity index (χ0v) is 11.0. The number of thioether (sulfide) groups is 1. The molecule has 94 valence electrons. The third-order valence-corrected chi connectivity index (χ3v) is 4.20. The quantitative estimate of drug-likeness (QED) is 0.913. The van der Waals surface area contributed by atoms with Crippen molar-refractivity contribution in [3.63, 3.8) is 0 Å². The SMILES string of the molecule is Cn1nnnc1-c1cccc(NC2CCSC2)c1. The van der Waals surface area contributed by atoms with Crippen LogP contribution in [0, 0.1) is 0 Å². The van der Waals surface area contributed by atoms with E-state index in [1.54, 1.807) is 4.68 Å². The number of anilines is 1. The van der Waals surface area contributed by atoms with Gasteiger partial charge >= 0.3 is 0 Å². The molecule has 1 aromatic carbocycles. The molecule has 1 N–H and O–H groups in total. The smallest absolute Gasteiger partial charge is 0.181 e. The Morgan fingerprint density at radius 1 is 1.44 bits per heavy atom. The summed E-state index contributed by atoms with van der Waals surface area (Å²) in [6.45, 7) is 0. The number of rotatable bonds is 3. The van der Waals surface area contributed by atoms with E-state index in [9.17, 15) is 0 Å². The average molecular weight is 261 g/mol. The summed E-state index contributed by atoms with van der Waals surface area (Å²) in [7, 11) is 1.85. The standard InChI is InChI=1S/C12H15N5S/c1-17-12(14-15-16-17)9-3-2-4-10(7-9)13-11-5-6-18-8-11/h2-4,7,11,13H,5-6,8H2,1H3. The van der Waals surface area contributed by atoms with Crippen molar-refractivity contribution in [3.05, 3.63) is 24.3 Å². The van der Waals surface area contributed by atoms with E-state index in [-0.39, 0.29) is 0 Å². The van der Waals surface area contributed by atoms with Crippen LogP contribution in [0.25, 0.3) is 11.4 Å². The van der Waals surface area contributed by atoms with Crippen molar-refractivity contribution in [2.45, 2.75) is 12.5 Å². The Hall–Kier alpha value is -1.56. The molecule has 2 heterocycles. The van der Waals surface area contributed by atoms with E-state index < -0.39 is 0 Å². The molecular weight excluding hydrogens is 246 g/mol. The highest BCUT2D eigenvalue weighted by atomic mass is 32.2. The molecule has 1 aliphatic heterocycles. The minimum Gasteiger partial charge on any atom is -0.381 e. The van der Waals surface area contributed by atoms with Crippen LogP contribution in [0.5, 0.6) is 0 Å². The molecule has 1 unspecified atom stereocenters. The first-order chi connectivity index (χ1) is 8.83. The molecule has 0 amide bonds. The van der Waals surface area contributed by atoms with Crippen LogP contribution in [0.2, 0.25) is 0 Å². The number of nitrogens with one attached hydrogen (secondary N) is 1. The Balaban J connectivity index is 1.82. The molecule has 18 heavy (non-hydrogen) atoms. The highest BCUT2D eigenvalue weighted by molar-refractivity contribution is 7.99. The summed E-state index contributed by atoms with van der Waals surface area (Å²) in [5.74, 6) is 3.24. The van der Waals surface area contributed by atoms with Crippen molar-refractivity contribution < 1.29 is 0 Å². The van der Waals surface area contributed by atoms with E-state index in [1.807, 2.05) is 30.9 Å². The fourth-order valence-electron chi connectivity index (χ4n) is 2.11. The number of benzene rings is 1. The maximum atomic E-state index is 4.03. The fraction of sp³-hybridized carbons (Fsp3) is 0.417. The molecule has 0 bridgehead atoms. The highest BCUT2D eigenvalue weighted by Crippen LogP contribution is 2.24. The van der Waals surface area contributed by atoms with Crippen molar-refractivity contribution in [2.75, 3.05) is 16.8 Å². The largest absolute Gasteiger partial charge is 0.381 e. The minimum absolute atomic E-state index is 0.586. The van der Waals surface area contributed by atoms with Gasteiger partial charge in [0.15, 0.2) is 5.82 Å². The van der Waals surface area contributed by atoms with Gasteiger partial charge in [0.1, 0.15) is 0 Å². The van der Waals surface area contributed by atoms with Crippen LogP contribution in [-0.4, -0.2) is 37.8 Å². The second-order valence-corrected chi connectivity index (χ2v) is 5.56. The van der Waals surface area contributed by atoms with Crippen LogP contribution in [-0.2, 0) is 7.05 Å². The van der Waals surface area contributed by atoms with Crippen LogP contribution in [0.15, 0.2) is 24.3 Å². The average Bonchev–Trinajstić information content (AvgIpc) is 3.01. The lowest BCUT2D eigenvalue weighted by Crippen LogP contribution is -2.17. The van der Waals surface area contributed by atoms with Gasteiger partial charge in [-0.3, -0.25) is 0 Å². The summed E-state index contributed by atoms with van der Waals surface area (Å²) in [5, 5.41) is 15.1. The van der Waals surface area contributed by atoms with Crippen molar-refractivity contribution in [2.24, 2.45) is 7.05 Å². The molecule has 6 heteroatoms. The molecule has 0 spiro atoms. The van der Waals surface area contributed by atoms with E-state index in [0.717, 1.165) is 17.1 Å². The van der Waals surface area contributed by atoms with Gasteiger partial charge in [-0.05, 0) is 34.7 Å². The number of aromatic nitrogens is 4. The Morgan fingerprint density at radius 2 is 2.39 bits per heavy atom. The van der Waals surface area contributed by atoms with Crippen molar-refractivity contribution in [1.82, 2.24) is 20.2 Å². The van der Waals surface area contributed by atoms with Gasteiger partial charge in [-0.25, -0.2) is 4.68 Å². The molecule has 0 aliphatic carbocycles. The molecule has 1 saturated heterocycles. The van der Waals surface area contributed by atoms with Crippen LogP contribution < -0.4 is 5.32 Å². The third-order valence-electron chi connectivity index (χ3n) is 3.04. The lowest BCUT2D eigenvalue weighted by atomic mass is 10.1. The molecule has 1 fully saturated rings. The summed E-state index contributed by atoms with van der Waals surface area (Å²) < 4.78 is 1.69. The topological polar surface area (TPSA) is 55.6 Å². The Bertz CT molecular complexity index is 533. The molecule has 5 nitrogen and oxygen atoms in total. The fourth-order valence-corrected chi connectivity index (χ4v) is 3.26. The summed E-state index contributed by atoms with van der Waals surface area (Å²) in [4.78, 5) is 0. The van der Waals surface area contributed by atoms with E-state index in [2.05, 4.69) is 33.0 Å². The van der Waals surface area contributed by atoms with Gasteiger partial charge < -0.3 is 5.32 Å². The predicted octanol–water partition coefficient (Wildman–Crippen LogP) is 1.79. The molecule has 0 saturated carbocycles. The molecule has 3 rings (SSSR count). The van der Waals surface area contributed by atoms with Crippen molar-refractivity contribution in [3.8, 4) is 11.4 Å². The van der Waals surface area contributed by atoms with Crippen molar-refractivity contribution >= 4 is 17.4 Å². The number of nitrogens with zero attached hydrogens (tertiary/aromatic N) is 4. The molecule has 0 radical (unpaired) electrons. The normalized spacial score (nSPS) is 19.1. The van der Waals surface area contributed by atoms with E-state index in [1.165, 1.54) is 17.9 Å². The summed E-state index contributed by atoms with van der Waals surface area (Å²) >= 11 is 2.01. The van der Waals surface area contributed by atoms with Gasteiger partial charge in [-0.2, -0.15) is 11.8 Å². The van der Waals surface area contributed by atoms with E-state index in [4.69, 9.17) is 0 Å². The molecular formula is C12H15N5S. The summed E-state index contributed by atoms with van der Waals surface area (Å²) in [6.07, 6.45) is 1.24. The zero-order chi connectivity index (χ0) is 12.4. The van der Waals surface area contributed by atoms with E-state index >= 15 is 0 Å². The van der Waals surface area contributed by atoms with Crippen LogP contribution in [0.1, 0.15) is 6.42 Å². The molecule has 1 aromatic heterocycles. The monoisotopic (exact) mass is 261 g/mol. The van der Waals surface area contributed by atoms with Crippen LogP contribution in [0.3, 0.4) is 0 Å². The lowest BCUT2D eigenvalue weighted by molar-refractivity contribution is 0.714. The molecule has 1 aliphatic rings. The Morgan fingerprint density at radius 3 is 3.11 bits per heavy atom. The highest BCUT2D eigenvalue weighted by Gasteiger charge is 2.15. The lowest BCUT2D eigenvalue weighted by Gasteiger charge is -2.13. The van der Waals surface area contributed by atoms with Gasteiger partial charge in [0.25, 0.3) is 0 Å². The van der Waals surface area contributed by atoms with Gasteiger partial charge in [0, 0.05) is 30.1 Å². The second kappa shape index (κ2) is 4.97. The summed E-state index contributed by atoms with van der Waals surface area (Å²) in [5.41, 5.74) is 2.18. The number of hydrogen-bond acceptors (Lipinski definition) is 5. The van der Waals surface area contributed by atoms with Crippen molar-refractivity contribution in [1.29, 1.82) is 0 Å². The second-order valence-electron chi connectivity index (χ2n) is 4.41. The maximum Gasteiger partial charge on any atom is 0.181 e. The minimum atomic E-state index is 0.586. The maximum absolute atomic E-state index is 4.03. The van der Waals surface area contributed by atoms with Crippen LogP contribution in [0.4, 0.5) is 5.69 Å². The molecule has 1 atom stereocenters. The van der Waals surface area contributed by atoms with Crippen LogP contribution >= 0.6 is 11.8 Å². The Labute approximate surface area is 110 Å². The number of aryl methyl sites for hydroxylation is 1. The molecule has 2 aromatic rings. The first kappa shape index (κ1) is 11.5. The van der Waals surface area contributed by atoms with Gasteiger partial charge in [0.2, 0.25) is 0 Å². The van der Waals surface area contributed by atoms with E-state index in [0.29, 0.717) is 6.04 Å². The zero-order valence-electron chi connectivity index (χ0n) is 10.2. The number of tetrazole rings is 1. The van der Waals surface area contributed by atoms with Gasteiger partial charge in [-0.1, -0.05) is 12.1 Å².